The SMILES string of the molecule is NC1=NC(c2cc3ccccc3[nH]c2=O)n2c(nc3ccccc32)N1. The van der Waals surface area contributed by atoms with E-state index in [1.165, 1.54) is 0 Å². The Morgan fingerprint density at radius 2 is 1.88 bits per heavy atom. The molecule has 1 aliphatic heterocycles. The molecule has 7 heteroatoms. The van der Waals surface area contributed by atoms with Crippen LogP contribution in [0.2, 0.25) is 0 Å². The monoisotopic (exact) mass is 330 g/mol. The summed E-state index contributed by atoms with van der Waals surface area (Å²) in [5.41, 5.74) is 8.76. The first kappa shape index (κ1) is 13.8. The van der Waals surface area contributed by atoms with Crippen molar-refractivity contribution >= 4 is 33.8 Å². The van der Waals surface area contributed by atoms with Crippen LogP contribution >= 0.6 is 0 Å². The third-order valence-corrected chi connectivity index (χ3v) is 4.40. The zero-order valence-electron chi connectivity index (χ0n) is 13.1. The molecule has 0 amide bonds. The molecule has 1 unspecified atom stereocenters. The van der Waals surface area contributed by atoms with Gasteiger partial charge in [-0.15, -0.1) is 0 Å². The van der Waals surface area contributed by atoms with Crippen LogP contribution in [0.25, 0.3) is 21.9 Å². The molecule has 0 bridgehead atoms. The molecule has 0 fully saturated rings. The van der Waals surface area contributed by atoms with Crippen molar-refractivity contribution in [2.75, 3.05) is 5.32 Å². The van der Waals surface area contributed by atoms with Crippen LogP contribution < -0.4 is 16.6 Å². The third kappa shape index (κ3) is 2.02. The van der Waals surface area contributed by atoms with Gasteiger partial charge in [-0.25, -0.2) is 9.98 Å². The Bertz CT molecular complexity index is 1220. The number of fused-ring (bicyclic) bond motifs is 4. The van der Waals surface area contributed by atoms with Crippen molar-refractivity contribution in [1.82, 2.24) is 14.5 Å². The molecule has 4 aromatic rings. The van der Waals surface area contributed by atoms with Crippen molar-refractivity contribution in [1.29, 1.82) is 0 Å². The van der Waals surface area contributed by atoms with Crippen molar-refractivity contribution < 1.29 is 0 Å². The molecule has 0 spiro atoms. The maximum Gasteiger partial charge on any atom is 0.255 e. The number of rotatable bonds is 1. The van der Waals surface area contributed by atoms with Gasteiger partial charge >= 0.3 is 0 Å². The molecule has 1 aliphatic rings. The molecule has 0 aliphatic carbocycles. The summed E-state index contributed by atoms with van der Waals surface area (Å²) in [7, 11) is 0. The van der Waals surface area contributed by atoms with E-state index in [-0.39, 0.29) is 11.5 Å². The van der Waals surface area contributed by atoms with Gasteiger partial charge in [0.15, 0.2) is 12.1 Å². The number of aromatic amines is 1. The first-order valence-corrected chi connectivity index (χ1v) is 7.90. The Balaban J connectivity index is 1.81. The first-order valence-electron chi connectivity index (χ1n) is 7.90. The first-order chi connectivity index (χ1) is 12.2. The molecule has 1 atom stereocenters. The molecule has 122 valence electrons. The summed E-state index contributed by atoms with van der Waals surface area (Å²) < 4.78 is 1.89. The minimum Gasteiger partial charge on any atom is -0.370 e. The summed E-state index contributed by atoms with van der Waals surface area (Å²) in [6.45, 7) is 0. The van der Waals surface area contributed by atoms with Crippen LogP contribution in [0.4, 0.5) is 5.95 Å². The van der Waals surface area contributed by atoms with Crippen LogP contribution in [0, 0.1) is 0 Å². The number of imidazole rings is 1. The number of nitrogens with two attached hydrogens (primary N) is 1. The van der Waals surface area contributed by atoms with E-state index >= 15 is 0 Å². The van der Waals surface area contributed by atoms with Crippen molar-refractivity contribution in [3.63, 3.8) is 0 Å². The molecule has 0 saturated carbocycles. The number of aliphatic imine (C=N–C) groups is 1. The van der Waals surface area contributed by atoms with Crippen molar-refractivity contribution in [2.24, 2.45) is 10.7 Å². The topological polar surface area (TPSA) is 101 Å². The second-order valence-corrected chi connectivity index (χ2v) is 5.95. The van der Waals surface area contributed by atoms with Gasteiger partial charge in [-0.2, -0.15) is 0 Å². The van der Waals surface area contributed by atoms with Crippen molar-refractivity contribution in [3.05, 3.63) is 70.5 Å². The van der Waals surface area contributed by atoms with Gasteiger partial charge in [-0.1, -0.05) is 30.3 Å². The predicted octanol–water partition coefficient (Wildman–Crippen LogP) is 2.16. The largest absolute Gasteiger partial charge is 0.370 e. The van der Waals surface area contributed by atoms with E-state index in [2.05, 4.69) is 20.3 Å². The highest BCUT2D eigenvalue weighted by Crippen LogP contribution is 2.31. The van der Waals surface area contributed by atoms with Crippen molar-refractivity contribution in [2.45, 2.75) is 6.17 Å². The van der Waals surface area contributed by atoms with Gasteiger partial charge < -0.3 is 10.7 Å². The van der Waals surface area contributed by atoms with Gasteiger partial charge in [-0.05, 0) is 29.7 Å². The Morgan fingerprint density at radius 3 is 2.80 bits per heavy atom. The molecule has 2 aromatic heterocycles. The number of benzene rings is 2. The molecule has 5 rings (SSSR count). The number of H-pyrrole nitrogens is 1. The minimum atomic E-state index is -0.572. The second-order valence-electron chi connectivity index (χ2n) is 5.95. The number of para-hydroxylation sites is 3. The Morgan fingerprint density at radius 1 is 1.08 bits per heavy atom. The highest BCUT2D eigenvalue weighted by molar-refractivity contribution is 5.94. The number of anilines is 1. The van der Waals surface area contributed by atoms with Crippen LogP contribution in [0.5, 0.6) is 0 Å². The molecule has 3 heterocycles. The number of pyridine rings is 1. The number of hydrogen-bond donors (Lipinski definition) is 3. The molecule has 25 heavy (non-hydrogen) atoms. The van der Waals surface area contributed by atoms with E-state index in [0.29, 0.717) is 11.5 Å². The quantitative estimate of drug-likeness (QED) is 0.498. The summed E-state index contributed by atoms with van der Waals surface area (Å²) >= 11 is 0. The van der Waals surface area contributed by atoms with Crippen LogP contribution in [0.15, 0.2) is 64.4 Å². The van der Waals surface area contributed by atoms with Crippen LogP contribution in [0.1, 0.15) is 11.7 Å². The molecular weight excluding hydrogens is 316 g/mol. The van der Waals surface area contributed by atoms with E-state index in [9.17, 15) is 4.79 Å². The molecule has 7 nitrogen and oxygen atoms in total. The van der Waals surface area contributed by atoms with Gasteiger partial charge in [0.25, 0.3) is 5.56 Å². The fraction of sp³-hybridized carbons (Fsp3) is 0.0556. The normalized spacial score (nSPS) is 16.5. The van der Waals surface area contributed by atoms with E-state index in [0.717, 1.165) is 21.9 Å². The lowest BCUT2D eigenvalue weighted by molar-refractivity contribution is 0.620. The Hall–Kier alpha value is -3.61. The van der Waals surface area contributed by atoms with Crippen LogP contribution in [-0.4, -0.2) is 20.5 Å². The molecular formula is C18H14N6O. The van der Waals surface area contributed by atoms with Crippen LogP contribution in [0.3, 0.4) is 0 Å². The smallest absolute Gasteiger partial charge is 0.255 e. The maximum absolute atomic E-state index is 12.7. The second kappa shape index (κ2) is 4.94. The van der Waals surface area contributed by atoms with Gasteiger partial charge in [0.05, 0.1) is 16.6 Å². The standard InChI is InChI=1S/C18H14N6O/c19-17-22-15(11-9-10-5-1-2-6-12(10)20-16(11)25)24-14-8-4-3-7-13(14)21-18(24)23-17/h1-9,15H,(H,20,25)(H3,19,21,22,23). The van der Waals surface area contributed by atoms with Gasteiger partial charge in [0.1, 0.15) is 0 Å². The summed E-state index contributed by atoms with van der Waals surface area (Å²) in [6, 6.07) is 17.2. The number of hydrogen-bond acceptors (Lipinski definition) is 5. The fourth-order valence-corrected chi connectivity index (χ4v) is 3.28. The maximum atomic E-state index is 12.7. The number of nitrogens with one attached hydrogen (secondary N) is 2. The lowest BCUT2D eigenvalue weighted by Crippen LogP contribution is -2.33. The molecule has 2 aromatic carbocycles. The molecule has 4 N–H and O–H groups in total. The summed E-state index contributed by atoms with van der Waals surface area (Å²) in [5, 5.41) is 3.91. The number of aromatic nitrogens is 3. The van der Waals surface area contributed by atoms with E-state index in [1.54, 1.807) is 0 Å². The van der Waals surface area contributed by atoms with E-state index in [4.69, 9.17) is 5.73 Å². The Labute approximate surface area is 141 Å². The average molecular weight is 330 g/mol. The van der Waals surface area contributed by atoms with Gasteiger partial charge in [0, 0.05) is 5.52 Å². The van der Waals surface area contributed by atoms with Crippen LogP contribution in [-0.2, 0) is 0 Å². The third-order valence-electron chi connectivity index (χ3n) is 4.40. The minimum absolute atomic E-state index is 0.189. The lowest BCUT2D eigenvalue weighted by atomic mass is 10.1. The van der Waals surface area contributed by atoms with E-state index < -0.39 is 6.17 Å². The highest BCUT2D eigenvalue weighted by Gasteiger charge is 2.27. The lowest BCUT2D eigenvalue weighted by Gasteiger charge is -2.23. The summed E-state index contributed by atoms with van der Waals surface area (Å²) in [4.78, 5) is 24.6. The van der Waals surface area contributed by atoms with Gasteiger partial charge in [-0.3, -0.25) is 14.7 Å². The average Bonchev–Trinajstić information content (AvgIpc) is 2.98. The van der Waals surface area contributed by atoms with Crippen molar-refractivity contribution in [3.8, 4) is 0 Å². The molecule has 0 saturated heterocycles. The predicted molar refractivity (Wildman–Crippen MR) is 97.7 cm³/mol. The summed E-state index contributed by atoms with van der Waals surface area (Å²) in [6.07, 6.45) is -0.572. The number of guanidine groups is 1. The number of nitrogens with zero attached hydrogens (tertiary/aromatic N) is 3. The molecule has 0 radical (unpaired) electrons. The Kier molecular flexibility index (Phi) is 2.73. The van der Waals surface area contributed by atoms with Gasteiger partial charge in [0.2, 0.25) is 5.95 Å². The highest BCUT2D eigenvalue weighted by atomic mass is 16.1. The summed E-state index contributed by atoms with van der Waals surface area (Å²) in [5.74, 6) is 0.812. The fourth-order valence-electron chi connectivity index (χ4n) is 3.28. The van der Waals surface area contributed by atoms with E-state index in [1.807, 2.05) is 59.2 Å². The zero-order chi connectivity index (χ0) is 17.0. The zero-order valence-corrected chi connectivity index (χ0v) is 13.1.